The second-order valence-electron chi connectivity index (χ2n) is 7.33. The van der Waals surface area contributed by atoms with E-state index in [4.69, 9.17) is 0 Å². The fourth-order valence-corrected chi connectivity index (χ4v) is 7.21. The minimum Gasteiger partial charge on any atom is -0.316 e. The second-order valence-corrected chi connectivity index (χ2v) is 10.7. The SMILES string of the molecule is CCCCc1ccc(N2C(=NC(=O)C(C)C)S[C@H]3CS(=O)(=O)C[C@H]32)cc1. The van der Waals surface area contributed by atoms with E-state index in [-0.39, 0.29) is 34.6 Å². The Bertz CT molecular complexity index is 801. The topological polar surface area (TPSA) is 66.8 Å². The molecular formula is C19H26N2O3S2. The van der Waals surface area contributed by atoms with Crippen molar-refractivity contribution in [3.05, 3.63) is 29.8 Å². The second kappa shape index (κ2) is 7.72. The number of aryl methyl sites for hydroxylation is 1. The Labute approximate surface area is 160 Å². The number of unbranched alkanes of at least 4 members (excludes halogenated alkanes) is 1. The number of amidine groups is 1. The van der Waals surface area contributed by atoms with Crippen LogP contribution >= 0.6 is 11.8 Å². The molecule has 7 heteroatoms. The highest BCUT2D eigenvalue weighted by molar-refractivity contribution is 8.16. The number of hydrogen-bond acceptors (Lipinski definition) is 4. The Balaban J connectivity index is 1.91. The number of carbonyl (C=O) groups is 1. The molecular weight excluding hydrogens is 368 g/mol. The van der Waals surface area contributed by atoms with Crippen molar-refractivity contribution >= 4 is 38.4 Å². The quantitative estimate of drug-likeness (QED) is 0.767. The molecule has 1 aromatic carbocycles. The Hall–Kier alpha value is -1.34. The standard InChI is InChI=1S/C19H26N2O3S2/c1-4-5-6-14-7-9-15(10-8-14)21-16-11-26(23,24)12-17(16)25-19(21)20-18(22)13(2)3/h7-10,13,16-17H,4-6,11-12H2,1-3H3/t16-,17+/m1/s1. The van der Waals surface area contributed by atoms with Crippen molar-refractivity contribution in [2.45, 2.75) is 51.3 Å². The maximum Gasteiger partial charge on any atom is 0.250 e. The first-order chi connectivity index (χ1) is 12.3. The third kappa shape index (κ3) is 4.14. The Morgan fingerprint density at radius 1 is 1.27 bits per heavy atom. The minimum atomic E-state index is -3.04. The number of sulfone groups is 1. The lowest BCUT2D eigenvalue weighted by atomic mass is 10.1. The van der Waals surface area contributed by atoms with E-state index in [0.717, 1.165) is 24.9 Å². The molecule has 2 saturated heterocycles. The summed E-state index contributed by atoms with van der Waals surface area (Å²) in [6.45, 7) is 5.82. The largest absolute Gasteiger partial charge is 0.316 e. The van der Waals surface area contributed by atoms with Crippen LogP contribution in [0, 0.1) is 5.92 Å². The van der Waals surface area contributed by atoms with E-state index >= 15 is 0 Å². The van der Waals surface area contributed by atoms with Gasteiger partial charge in [0.05, 0.1) is 17.5 Å². The van der Waals surface area contributed by atoms with E-state index in [1.165, 1.54) is 17.3 Å². The Kier molecular flexibility index (Phi) is 5.77. The normalized spacial score (nSPS) is 25.8. The van der Waals surface area contributed by atoms with Crippen LogP contribution in [0.4, 0.5) is 5.69 Å². The summed E-state index contributed by atoms with van der Waals surface area (Å²) in [6, 6.07) is 8.08. The van der Waals surface area contributed by atoms with E-state index in [9.17, 15) is 13.2 Å². The van der Waals surface area contributed by atoms with Gasteiger partial charge in [-0.3, -0.25) is 4.79 Å². The maximum atomic E-state index is 12.1. The summed E-state index contributed by atoms with van der Waals surface area (Å²) in [6.07, 6.45) is 3.34. The van der Waals surface area contributed by atoms with E-state index in [1.807, 2.05) is 30.9 Å². The summed E-state index contributed by atoms with van der Waals surface area (Å²) >= 11 is 1.43. The number of anilines is 1. The fraction of sp³-hybridized carbons (Fsp3) is 0.579. The molecule has 142 valence electrons. The van der Waals surface area contributed by atoms with Gasteiger partial charge < -0.3 is 4.90 Å². The maximum absolute atomic E-state index is 12.1. The molecule has 0 saturated carbocycles. The van der Waals surface area contributed by atoms with E-state index < -0.39 is 9.84 Å². The van der Waals surface area contributed by atoms with Crippen molar-refractivity contribution in [3.8, 4) is 0 Å². The smallest absolute Gasteiger partial charge is 0.250 e. The van der Waals surface area contributed by atoms with Gasteiger partial charge in [-0.25, -0.2) is 8.42 Å². The average Bonchev–Trinajstić information content (AvgIpc) is 3.04. The first-order valence-corrected chi connectivity index (χ1v) is 11.9. The van der Waals surface area contributed by atoms with Crippen molar-refractivity contribution < 1.29 is 13.2 Å². The number of nitrogens with zero attached hydrogens (tertiary/aromatic N) is 2. The number of carbonyl (C=O) groups excluding carboxylic acids is 1. The van der Waals surface area contributed by atoms with Gasteiger partial charge in [0.2, 0.25) is 0 Å². The van der Waals surface area contributed by atoms with Gasteiger partial charge in [0.1, 0.15) is 0 Å². The van der Waals surface area contributed by atoms with E-state index in [1.54, 1.807) is 0 Å². The fourth-order valence-electron chi connectivity index (χ4n) is 3.29. The zero-order valence-corrected chi connectivity index (χ0v) is 17.1. The number of benzene rings is 1. The van der Waals surface area contributed by atoms with Crippen LogP contribution in [0.25, 0.3) is 0 Å². The number of thioether (sulfide) groups is 1. The van der Waals surface area contributed by atoms with Crippen LogP contribution in [0.15, 0.2) is 29.3 Å². The van der Waals surface area contributed by atoms with Gasteiger partial charge in [-0.15, -0.1) is 0 Å². The van der Waals surface area contributed by atoms with Crippen molar-refractivity contribution in [2.75, 3.05) is 16.4 Å². The van der Waals surface area contributed by atoms with Crippen molar-refractivity contribution in [1.82, 2.24) is 0 Å². The molecule has 0 radical (unpaired) electrons. The molecule has 2 atom stereocenters. The van der Waals surface area contributed by atoms with Gasteiger partial charge in [-0.05, 0) is 30.5 Å². The van der Waals surface area contributed by atoms with Crippen molar-refractivity contribution in [2.24, 2.45) is 10.9 Å². The predicted molar refractivity (Wildman–Crippen MR) is 109 cm³/mol. The van der Waals surface area contributed by atoms with Gasteiger partial charge in [-0.1, -0.05) is 51.1 Å². The highest BCUT2D eigenvalue weighted by Gasteiger charge is 2.49. The van der Waals surface area contributed by atoms with Crippen LogP contribution in [0.2, 0.25) is 0 Å². The molecule has 2 aliphatic rings. The first kappa shape index (κ1) is 19.4. The Morgan fingerprint density at radius 2 is 1.96 bits per heavy atom. The van der Waals surface area contributed by atoms with Crippen molar-refractivity contribution in [3.63, 3.8) is 0 Å². The van der Waals surface area contributed by atoms with Crippen LogP contribution in [-0.2, 0) is 21.1 Å². The molecule has 5 nitrogen and oxygen atoms in total. The third-order valence-electron chi connectivity index (χ3n) is 4.80. The number of aliphatic imine (C=N–C) groups is 1. The minimum absolute atomic E-state index is 0.0570. The molecule has 0 N–H and O–H groups in total. The molecule has 1 amide bonds. The van der Waals surface area contributed by atoms with E-state index in [0.29, 0.717) is 5.17 Å². The molecule has 0 aromatic heterocycles. The van der Waals surface area contributed by atoms with Gasteiger partial charge >= 0.3 is 0 Å². The first-order valence-electron chi connectivity index (χ1n) is 9.18. The summed E-state index contributed by atoms with van der Waals surface area (Å²) < 4.78 is 24.2. The van der Waals surface area contributed by atoms with Crippen LogP contribution in [0.3, 0.4) is 0 Å². The molecule has 2 fully saturated rings. The van der Waals surface area contributed by atoms with Gasteiger partial charge in [0, 0.05) is 16.9 Å². The lowest BCUT2D eigenvalue weighted by molar-refractivity contribution is -0.120. The lowest BCUT2D eigenvalue weighted by Gasteiger charge is -2.24. The predicted octanol–water partition coefficient (Wildman–Crippen LogP) is 3.29. The molecule has 2 aliphatic heterocycles. The van der Waals surface area contributed by atoms with Crippen LogP contribution in [-0.4, -0.2) is 42.3 Å². The summed E-state index contributed by atoms with van der Waals surface area (Å²) in [4.78, 5) is 18.4. The summed E-state index contributed by atoms with van der Waals surface area (Å²) in [5.74, 6) is -0.0650. The zero-order chi connectivity index (χ0) is 18.9. The van der Waals surface area contributed by atoms with Crippen LogP contribution in [0.5, 0.6) is 0 Å². The number of rotatable bonds is 5. The highest BCUT2D eigenvalue weighted by Crippen LogP contribution is 2.41. The van der Waals surface area contributed by atoms with Crippen molar-refractivity contribution in [1.29, 1.82) is 0 Å². The Morgan fingerprint density at radius 3 is 2.58 bits per heavy atom. The summed E-state index contributed by atoms with van der Waals surface area (Å²) in [5, 5.41) is 0.577. The summed E-state index contributed by atoms with van der Waals surface area (Å²) in [5.41, 5.74) is 2.19. The van der Waals surface area contributed by atoms with Gasteiger partial charge in [-0.2, -0.15) is 4.99 Å². The van der Waals surface area contributed by atoms with Crippen LogP contribution in [0.1, 0.15) is 39.2 Å². The number of amides is 1. The molecule has 3 rings (SSSR count). The number of fused-ring (bicyclic) bond motifs is 1. The molecule has 0 aliphatic carbocycles. The molecule has 0 spiro atoms. The molecule has 26 heavy (non-hydrogen) atoms. The van der Waals surface area contributed by atoms with E-state index in [2.05, 4.69) is 24.0 Å². The summed E-state index contributed by atoms with van der Waals surface area (Å²) in [7, 11) is -3.04. The van der Waals surface area contributed by atoms with Gasteiger partial charge in [0.15, 0.2) is 15.0 Å². The number of hydrogen-bond donors (Lipinski definition) is 0. The van der Waals surface area contributed by atoms with Crippen LogP contribution < -0.4 is 4.90 Å². The molecule has 1 aromatic rings. The van der Waals surface area contributed by atoms with Gasteiger partial charge in [0.25, 0.3) is 5.91 Å². The highest BCUT2D eigenvalue weighted by atomic mass is 32.2. The third-order valence-corrected chi connectivity index (χ3v) is 8.01. The molecule has 0 unspecified atom stereocenters. The monoisotopic (exact) mass is 394 g/mol. The lowest BCUT2D eigenvalue weighted by Crippen LogP contribution is -2.37. The average molecular weight is 395 g/mol. The molecule has 0 bridgehead atoms. The molecule has 2 heterocycles. The zero-order valence-electron chi connectivity index (χ0n) is 15.5.